The largest absolute Gasteiger partial charge is 0.348 e. The molecule has 0 saturated carbocycles. The lowest BCUT2D eigenvalue weighted by molar-refractivity contribution is -0.130. The second kappa shape index (κ2) is 7.08. The van der Waals surface area contributed by atoms with Gasteiger partial charge in [-0.1, -0.05) is 6.92 Å². The molecule has 1 aromatic rings. The van der Waals surface area contributed by atoms with E-state index < -0.39 is 0 Å². The number of carbonyl (C=O) groups excluding carboxylic acids is 1. The van der Waals surface area contributed by atoms with Crippen molar-refractivity contribution in [3.8, 4) is 0 Å². The lowest BCUT2D eigenvalue weighted by Crippen LogP contribution is -2.36. The molecule has 0 aliphatic rings. The summed E-state index contributed by atoms with van der Waals surface area (Å²) in [7, 11) is 3.55. The van der Waals surface area contributed by atoms with Gasteiger partial charge < -0.3 is 10.6 Å². The lowest BCUT2D eigenvalue weighted by atomic mass is 10.2. The van der Waals surface area contributed by atoms with Crippen molar-refractivity contribution in [3.63, 3.8) is 0 Å². The third kappa shape index (κ3) is 4.43. The number of aromatic nitrogens is 1. The summed E-state index contributed by atoms with van der Waals surface area (Å²) in [6.45, 7) is 4.50. The van der Waals surface area contributed by atoms with Crippen molar-refractivity contribution >= 4 is 5.91 Å². The number of hydrogen-bond donors (Lipinski definition) is 1. The molecule has 1 heterocycles. The van der Waals surface area contributed by atoms with E-state index in [0.29, 0.717) is 13.1 Å². The minimum absolute atomic E-state index is 0.116. The summed E-state index contributed by atoms with van der Waals surface area (Å²) in [5.74, 6) is 0.116. The number of nitrogens with two attached hydrogens (primary N) is 1. The van der Waals surface area contributed by atoms with Gasteiger partial charge in [0.1, 0.15) is 0 Å². The fourth-order valence-corrected chi connectivity index (χ4v) is 1.61. The molecule has 5 nitrogen and oxygen atoms in total. The Morgan fingerprint density at radius 2 is 2.17 bits per heavy atom. The maximum atomic E-state index is 11.7. The first-order chi connectivity index (χ1) is 8.56. The van der Waals surface area contributed by atoms with Crippen molar-refractivity contribution in [1.29, 1.82) is 0 Å². The van der Waals surface area contributed by atoms with Crippen molar-refractivity contribution in [2.75, 3.05) is 27.2 Å². The van der Waals surface area contributed by atoms with Gasteiger partial charge in [-0.25, -0.2) is 0 Å². The average Bonchev–Trinajstić information content (AvgIpc) is 2.37. The van der Waals surface area contributed by atoms with Crippen molar-refractivity contribution in [3.05, 3.63) is 29.6 Å². The molecular weight excluding hydrogens is 228 g/mol. The van der Waals surface area contributed by atoms with Gasteiger partial charge in [0, 0.05) is 33.4 Å². The van der Waals surface area contributed by atoms with Crippen LogP contribution >= 0.6 is 0 Å². The van der Waals surface area contributed by atoms with E-state index >= 15 is 0 Å². The minimum atomic E-state index is 0.116. The molecule has 2 N–H and O–H groups in total. The van der Waals surface area contributed by atoms with E-state index in [0.717, 1.165) is 24.3 Å². The van der Waals surface area contributed by atoms with Gasteiger partial charge in [-0.2, -0.15) is 0 Å². The minimum Gasteiger partial charge on any atom is -0.348 e. The predicted octanol–water partition coefficient (Wildman–Crippen LogP) is 0.450. The Morgan fingerprint density at radius 3 is 2.72 bits per heavy atom. The van der Waals surface area contributed by atoms with Gasteiger partial charge in [0.05, 0.1) is 12.2 Å². The summed E-state index contributed by atoms with van der Waals surface area (Å²) in [5.41, 5.74) is 7.58. The molecule has 0 atom stereocenters. The summed E-state index contributed by atoms with van der Waals surface area (Å²) in [6, 6.07) is 3.95. The van der Waals surface area contributed by atoms with Crippen molar-refractivity contribution in [2.45, 2.75) is 20.0 Å². The summed E-state index contributed by atoms with van der Waals surface area (Å²) in [5, 5.41) is 0. The van der Waals surface area contributed by atoms with E-state index in [9.17, 15) is 4.79 Å². The van der Waals surface area contributed by atoms with Crippen LogP contribution < -0.4 is 5.73 Å². The molecule has 1 aromatic heterocycles. The molecule has 0 radical (unpaired) electrons. The summed E-state index contributed by atoms with van der Waals surface area (Å²) < 4.78 is 0. The van der Waals surface area contributed by atoms with Crippen LogP contribution in [0, 0.1) is 0 Å². The third-order valence-corrected chi connectivity index (χ3v) is 2.80. The van der Waals surface area contributed by atoms with Gasteiger partial charge in [0.2, 0.25) is 5.91 Å². The molecule has 0 saturated heterocycles. The highest BCUT2D eigenvalue weighted by atomic mass is 16.2. The summed E-state index contributed by atoms with van der Waals surface area (Å²) in [4.78, 5) is 19.5. The standard InChI is InChI=1S/C13H22N4O/c1-4-17(10-13(18)16(2)3)9-11-5-6-15-12(7-11)8-14/h5-7H,4,8-10,14H2,1-3H3. The summed E-state index contributed by atoms with van der Waals surface area (Å²) in [6.07, 6.45) is 1.76. The van der Waals surface area contributed by atoms with E-state index in [-0.39, 0.29) is 5.91 Å². The Hall–Kier alpha value is -1.46. The van der Waals surface area contributed by atoms with E-state index in [1.165, 1.54) is 0 Å². The molecule has 18 heavy (non-hydrogen) atoms. The van der Waals surface area contributed by atoms with Gasteiger partial charge in [0.15, 0.2) is 0 Å². The number of carbonyl (C=O) groups is 1. The first-order valence-electron chi connectivity index (χ1n) is 6.13. The monoisotopic (exact) mass is 250 g/mol. The summed E-state index contributed by atoms with van der Waals surface area (Å²) >= 11 is 0. The molecule has 0 aromatic carbocycles. The predicted molar refractivity (Wildman–Crippen MR) is 71.8 cm³/mol. The molecule has 1 amide bonds. The fraction of sp³-hybridized carbons (Fsp3) is 0.538. The molecule has 0 bridgehead atoms. The highest BCUT2D eigenvalue weighted by Crippen LogP contribution is 2.06. The molecule has 0 aliphatic carbocycles. The maximum Gasteiger partial charge on any atom is 0.236 e. The Balaban J connectivity index is 2.64. The first-order valence-corrected chi connectivity index (χ1v) is 6.13. The van der Waals surface area contributed by atoms with Gasteiger partial charge in [-0.15, -0.1) is 0 Å². The van der Waals surface area contributed by atoms with Crippen LogP contribution in [0.15, 0.2) is 18.3 Å². The number of likely N-dealkylation sites (N-methyl/N-ethyl adjacent to an activating group) is 2. The van der Waals surface area contributed by atoms with E-state index in [4.69, 9.17) is 5.73 Å². The van der Waals surface area contributed by atoms with E-state index in [1.807, 2.05) is 19.1 Å². The molecule has 0 aliphatic heterocycles. The zero-order valence-corrected chi connectivity index (χ0v) is 11.4. The smallest absolute Gasteiger partial charge is 0.236 e. The van der Waals surface area contributed by atoms with Crippen LogP contribution in [0.25, 0.3) is 0 Å². The first kappa shape index (κ1) is 14.6. The van der Waals surface area contributed by atoms with Gasteiger partial charge in [0.25, 0.3) is 0 Å². The molecule has 1 rings (SSSR count). The second-order valence-electron chi connectivity index (χ2n) is 4.45. The Labute approximate surface area is 109 Å². The van der Waals surface area contributed by atoms with Crippen LogP contribution in [0.3, 0.4) is 0 Å². The van der Waals surface area contributed by atoms with Crippen molar-refractivity contribution in [1.82, 2.24) is 14.8 Å². The normalized spacial score (nSPS) is 10.7. The van der Waals surface area contributed by atoms with Gasteiger partial charge in [-0.3, -0.25) is 14.7 Å². The number of amides is 1. The molecule has 100 valence electrons. The lowest BCUT2D eigenvalue weighted by Gasteiger charge is -2.22. The van der Waals surface area contributed by atoms with Crippen LogP contribution in [-0.2, 0) is 17.9 Å². The Morgan fingerprint density at radius 1 is 1.44 bits per heavy atom. The van der Waals surface area contributed by atoms with Crippen LogP contribution in [0.4, 0.5) is 0 Å². The number of hydrogen-bond acceptors (Lipinski definition) is 4. The highest BCUT2D eigenvalue weighted by Gasteiger charge is 2.11. The van der Waals surface area contributed by atoms with Gasteiger partial charge in [-0.05, 0) is 24.2 Å². The fourth-order valence-electron chi connectivity index (χ4n) is 1.61. The molecule has 5 heteroatoms. The molecule has 0 spiro atoms. The number of pyridine rings is 1. The zero-order valence-electron chi connectivity index (χ0n) is 11.4. The molecule has 0 unspecified atom stereocenters. The topological polar surface area (TPSA) is 62.5 Å². The van der Waals surface area contributed by atoms with Crippen molar-refractivity contribution in [2.24, 2.45) is 5.73 Å². The van der Waals surface area contributed by atoms with Gasteiger partial charge >= 0.3 is 0 Å². The Kier molecular flexibility index (Phi) is 5.74. The number of rotatable bonds is 6. The average molecular weight is 250 g/mol. The third-order valence-electron chi connectivity index (χ3n) is 2.80. The maximum absolute atomic E-state index is 11.7. The van der Waals surface area contributed by atoms with Crippen LogP contribution in [0.1, 0.15) is 18.2 Å². The second-order valence-corrected chi connectivity index (χ2v) is 4.45. The van der Waals surface area contributed by atoms with E-state index in [2.05, 4.69) is 9.88 Å². The van der Waals surface area contributed by atoms with Crippen molar-refractivity contribution < 1.29 is 4.79 Å². The van der Waals surface area contributed by atoms with Crippen LogP contribution in [0.2, 0.25) is 0 Å². The number of nitrogens with zero attached hydrogens (tertiary/aromatic N) is 3. The SMILES string of the molecule is CCN(CC(=O)N(C)C)Cc1ccnc(CN)c1. The zero-order chi connectivity index (χ0) is 13.5. The van der Waals surface area contributed by atoms with E-state index in [1.54, 1.807) is 25.2 Å². The quantitative estimate of drug-likeness (QED) is 0.796. The van der Waals surface area contributed by atoms with Crippen LogP contribution in [-0.4, -0.2) is 47.9 Å². The highest BCUT2D eigenvalue weighted by molar-refractivity contribution is 5.77. The van der Waals surface area contributed by atoms with Crippen LogP contribution in [0.5, 0.6) is 0 Å². The molecule has 0 fully saturated rings. The Bertz CT molecular complexity index is 392. The molecular formula is C13H22N4O.